The Labute approximate surface area is 182 Å². The maximum atomic E-state index is 13.1. The molecule has 8 heteroatoms. The Hall–Kier alpha value is -2.71. The first kappa shape index (κ1) is 21.5. The maximum Gasteiger partial charge on any atom is 0.243 e. The molecule has 2 aromatic rings. The van der Waals surface area contributed by atoms with Crippen molar-refractivity contribution in [1.29, 1.82) is 0 Å². The van der Waals surface area contributed by atoms with Gasteiger partial charge >= 0.3 is 0 Å². The van der Waals surface area contributed by atoms with Gasteiger partial charge in [-0.3, -0.25) is 9.59 Å². The molecular weight excluding hydrogens is 414 g/mol. The second kappa shape index (κ2) is 8.80. The molecule has 2 heterocycles. The highest BCUT2D eigenvalue weighted by molar-refractivity contribution is 7.89. The van der Waals surface area contributed by atoms with Crippen molar-refractivity contribution in [2.45, 2.75) is 43.9 Å². The summed E-state index contributed by atoms with van der Waals surface area (Å²) < 4.78 is 27.7. The van der Waals surface area contributed by atoms with E-state index in [0.717, 1.165) is 17.7 Å². The Morgan fingerprint density at radius 3 is 2.48 bits per heavy atom. The highest BCUT2D eigenvalue weighted by atomic mass is 32.2. The van der Waals surface area contributed by atoms with Gasteiger partial charge in [-0.1, -0.05) is 19.1 Å². The molecule has 2 N–H and O–H groups in total. The fourth-order valence-corrected chi connectivity index (χ4v) is 5.62. The summed E-state index contributed by atoms with van der Waals surface area (Å²) in [5, 5.41) is 5.72. The molecule has 0 aromatic heterocycles. The molecule has 2 aliphatic heterocycles. The van der Waals surface area contributed by atoms with Crippen molar-refractivity contribution >= 4 is 33.2 Å². The lowest BCUT2D eigenvalue weighted by Gasteiger charge is -2.31. The van der Waals surface area contributed by atoms with Gasteiger partial charge in [0.1, 0.15) is 0 Å². The number of hydrogen-bond donors (Lipinski definition) is 2. The van der Waals surface area contributed by atoms with Crippen LogP contribution in [-0.2, 0) is 32.5 Å². The van der Waals surface area contributed by atoms with Gasteiger partial charge in [0.25, 0.3) is 0 Å². The molecule has 2 aliphatic rings. The summed E-state index contributed by atoms with van der Waals surface area (Å²) in [6, 6.07) is 12.6. The van der Waals surface area contributed by atoms with Crippen LogP contribution in [0, 0.1) is 5.92 Å². The van der Waals surface area contributed by atoms with Gasteiger partial charge in [-0.2, -0.15) is 4.31 Å². The minimum absolute atomic E-state index is 0.0511. The number of piperidine rings is 1. The first-order chi connectivity index (χ1) is 14.9. The number of sulfonamides is 1. The van der Waals surface area contributed by atoms with Crippen LogP contribution in [-0.4, -0.2) is 37.6 Å². The molecule has 0 aliphatic carbocycles. The second-order valence-corrected chi connectivity index (χ2v) is 10.0. The van der Waals surface area contributed by atoms with Gasteiger partial charge < -0.3 is 10.6 Å². The first-order valence-electron chi connectivity index (χ1n) is 10.7. The topological polar surface area (TPSA) is 95.6 Å². The normalized spacial score (nSPS) is 17.6. The molecular formula is C23H27N3O4S. The van der Waals surface area contributed by atoms with Gasteiger partial charge in [0.15, 0.2) is 0 Å². The van der Waals surface area contributed by atoms with Gasteiger partial charge in [-0.15, -0.1) is 0 Å². The Morgan fingerprint density at radius 1 is 1.10 bits per heavy atom. The van der Waals surface area contributed by atoms with Crippen molar-refractivity contribution in [2.24, 2.45) is 5.92 Å². The number of fused-ring (bicyclic) bond motifs is 1. The number of amides is 2. The van der Waals surface area contributed by atoms with Gasteiger partial charge in [-0.05, 0) is 67.1 Å². The van der Waals surface area contributed by atoms with Gasteiger partial charge in [-0.25, -0.2) is 8.42 Å². The zero-order valence-corrected chi connectivity index (χ0v) is 18.4. The van der Waals surface area contributed by atoms with Crippen LogP contribution >= 0.6 is 0 Å². The molecule has 0 bridgehead atoms. The summed E-state index contributed by atoms with van der Waals surface area (Å²) in [6.45, 7) is 2.70. The molecule has 0 atom stereocenters. The van der Waals surface area contributed by atoms with Crippen molar-refractivity contribution in [1.82, 2.24) is 4.31 Å². The summed E-state index contributed by atoms with van der Waals surface area (Å²) in [5.74, 6) is -0.327. The molecule has 1 saturated heterocycles. The number of hydrogen-bond acceptors (Lipinski definition) is 4. The molecule has 0 spiro atoms. The van der Waals surface area contributed by atoms with Gasteiger partial charge in [0.05, 0.1) is 4.90 Å². The maximum absolute atomic E-state index is 13.1. The average Bonchev–Trinajstić information content (AvgIpc) is 2.79. The quantitative estimate of drug-likeness (QED) is 0.745. The summed E-state index contributed by atoms with van der Waals surface area (Å²) >= 11 is 0. The fourth-order valence-electron chi connectivity index (χ4n) is 4.10. The van der Waals surface area contributed by atoms with Crippen molar-refractivity contribution in [3.8, 4) is 0 Å². The molecule has 2 amide bonds. The Balaban J connectivity index is 1.38. The minimum Gasteiger partial charge on any atom is -0.326 e. The number of anilines is 2. The largest absolute Gasteiger partial charge is 0.326 e. The van der Waals surface area contributed by atoms with E-state index in [1.165, 1.54) is 9.87 Å². The van der Waals surface area contributed by atoms with Crippen LogP contribution in [0.4, 0.5) is 11.4 Å². The molecule has 0 unspecified atom stereocenters. The Bertz CT molecular complexity index is 1090. The average molecular weight is 442 g/mol. The van der Waals surface area contributed by atoms with E-state index < -0.39 is 10.0 Å². The summed E-state index contributed by atoms with van der Waals surface area (Å²) in [5.41, 5.74) is 3.49. The second-order valence-electron chi connectivity index (χ2n) is 8.09. The lowest BCUT2D eigenvalue weighted by atomic mass is 9.97. The van der Waals surface area contributed by atoms with Crippen LogP contribution in [0.2, 0.25) is 0 Å². The SMILES string of the molecule is CCc1ccc(NC(=O)C2CCN(S(=O)(=O)c3ccc4c(c3)CCC(=O)N4)CC2)cc1. The van der Waals surface area contributed by atoms with E-state index in [1.807, 2.05) is 24.3 Å². The summed E-state index contributed by atoms with van der Waals surface area (Å²) in [4.78, 5) is 24.4. The van der Waals surface area contributed by atoms with E-state index in [2.05, 4.69) is 17.6 Å². The van der Waals surface area contributed by atoms with Crippen molar-refractivity contribution < 1.29 is 18.0 Å². The molecule has 1 fully saturated rings. The van der Waals surface area contributed by atoms with Gasteiger partial charge in [0, 0.05) is 36.8 Å². The molecule has 0 saturated carbocycles. The van der Waals surface area contributed by atoms with Crippen molar-refractivity contribution in [2.75, 3.05) is 23.7 Å². The van der Waals surface area contributed by atoms with E-state index >= 15 is 0 Å². The van der Waals surface area contributed by atoms with Crippen LogP contribution in [0.3, 0.4) is 0 Å². The lowest BCUT2D eigenvalue weighted by Crippen LogP contribution is -2.41. The van der Waals surface area contributed by atoms with E-state index in [0.29, 0.717) is 44.5 Å². The van der Waals surface area contributed by atoms with Crippen LogP contribution in [0.25, 0.3) is 0 Å². The third-order valence-electron chi connectivity index (χ3n) is 6.06. The number of rotatable bonds is 5. The zero-order chi connectivity index (χ0) is 22.0. The van der Waals surface area contributed by atoms with Crippen molar-refractivity contribution in [3.63, 3.8) is 0 Å². The smallest absolute Gasteiger partial charge is 0.243 e. The molecule has 7 nitrogen and oxygen atoms in total. The molecule has 4 rings (SSSR count). The molecule has 31 heavy (non-hydrogen) atoms. The standard InChI is InChI=1S/C23H27N3O4S/c1-2-16-3-6-19(7-4-16)24-23(28)17-11-13-26(14-12-17)31(29,30)20-8-9-21-18(15-20)5-10-22(27)25-21/h3-4,6-9,15,17H,2,5,10-14H2,1H3,(H,24,28)(H,25,27). The predicted molar refractivity (Wildman–Crippen MR) is 119 cm³/mol. The van der Waals surface area contributed by atoms with Crippen LogP contribution in [0.1, 0.15) is 37.3 Å². The highest BCUT2D eigenvalue weighted by Gasteiger charge is 2.32. The number of carbonyl (C=O) groups excluding carboxylic acids is 2. The third kappa shape index (κ3) is 4.65. The van der Waals surface area contributed by atoms with E-state index in [9.17, 15) is 18.0 Å². The fraction of sp³-hybridized carbons (Fsp3) is 0.391. The van der Waals surface area contributed by atoms with Crippen LogP contribution in [0.15, 0.2) is 47.4 Å². The van der Waals surface area contributed by atoms with Gasteiger partial charge in [0.2, 0.25) is 21.8 Å². The molecule has 164 valence electrons. The summed E-state index contributed by atoms with van der Waals surface area (Å²) in [7, 11) is -3.64. The zero-order valence-electron chi connectivity index (χ0n) is 17.6. The number of aryl methyl sites for hydroxylation is 2. The monoisotopic (exact) mass is 441 g/mol. The lowest BCUT2D eigenvalue weighted by molar-refractivity contribution is -0.121. The molecule has 2 aromatic carbocycles. The Morgan fingerprint density at radius 2 is 1.81 bits per heavy atom. The first-order valence-corrected chi connectivity index (χ1v) is 12.1. The van der Waals surface area contributed by atoms with Crippen LogP contribution < -0.4 is 10.6 Å². The highest BCUT2D eigenvalue weighted by Crippen LogP contribution is 2.29. The Kier molecular flexibility index (Phi) is 6.11. The minimum atomic E-state index is -3.64. The van der Waals surface area contributed by atoms with Crippen LogP contribution in [0.5, 0.6) is 0 Å². The third-order valence-corrected chi connectivity index (χ3v) is 7.96. The number of nitrogens with zero attached hydrogens (tertiary/aromatic N) is 1. The van der Waals surface area contributed by atoms with E-state index in [4.69, 9.17) is 0 Å². The number of benzene rings is 2. The van der Waals surface area contributed by atoms with E-state index in [1.54, 1.807) is 18.2 Å². The molecule has 0 radical (unpaired) electrons. The van der Waals surface area contributed by atoms with E-state index in [-0.39, 0.29) is 22.6 Å². The predicted octanol–water partition coefficient (Wildman–Crippen LogP) is 3.17. The summed E-state index contributed by atoms with van der Waals surface area (Å²) in [6.07, 6.45) is 2.81. The van der Waals surface area contributed by atoms with Crippen molar-refractivity contribution in [3.05, 3.63) is 53.6 Å². The number of nitrogens with one attached hydrogen (secondary N) is 2. The number of carbonyl (C=O) groups is 2.